The molecule has 2 N–H and O–H groups in total. The fourth-order valence-corrected chi connectivity index (χ4v) is 4.53. The van der Waals surface area contributed by atoms with Crippen LogP contribution in [0.15, 0.2) is 30.3 Å². The minimum Gasteiger partial charge on any atom is -0.370 e. The molecule has 0 aliphatic rings. The molecule has 1 rings (SSSR count). The molecule has 1 unspecified atom stereocenters. The third-order valence-corrected chi connectivity index (χ3v) is 5.72. The maximum absolute atomic E-state index is 12.9. The van der Waals surface area contributed by atoms with Crippen LogP contribution in [0.4, 0.5) is 0 Å². The van der Waals surface area contributed by atoms with Crippen molar-refractivity contribution in [2.75, 3.05) is 13.1 Å². The van der Waals surface area contributed by atoms with Crippen LogP contribution in [0, 0.1) is 0 Å². The molecule has 124 valence electrons. The van der Waals surface area contributed by atoms with E-state index in [-0.39, 0.29) is 6.42 Å². The van der Waals surface area contributed by atoms with E-state index < -0.39 is 21.2 Å². The number of rotatable bonds is 10. The van der Waals surface area contributed by atoms with Crippen LogP contribution in [0.2, 0.25) is 0 Å². The van der Waals surface area contributed by atoms with Crippen molar-refractivity contribution < 1.29 is 13.2 Å². The van der Waals surface area contributed by atoms with Crippen LogP contribution in [-0.4, -0.2) is 37.0 Å². The SMILES string of the molecule is CCCN(CCC)S(=O)(=O)C(CC(N)=O)Cc1ccccc1. The maximum Gasteiger partial charge on any atom is 0.218 e. The summed E-state index contributed by atoms with van der Waals surface area (Å²) in [7, 11) is -3.55. The third kappa shape index (κ3) is 5.42. The van der Waals surface area contributed by atoms with Gasteiger partial charge in [-0.1, -0.05) is 44.2 Å². The quantitative estimate of drug-likeness (QED) is 0.713. The number of sulfonamides is 1. The minimum atomic E-state index is -3.55. The van der Waals surface area contributed by atoms with Crippen molar-refractivity contribution in [2.45, 2.75) is 44.8 Å². The number of primary amides is 1. The molecule has 6 heteroatoms. The van der Waals surface area contributed by atoms with Gasteiger partial charge in [-0.25, -0.2) is 12.7 Å². The first kappa shape index (κ1) is 18.6. The van der Waals surface area contributed by atoms with Crippen LogP contribution in [0.1, 0.15) is 38.7 Å². The summed E-state index contributed by atoms with van der Waals surface area (Å²) in [6.45, 7) is 4.83. The highest BCUT2D eigenvalue weighted by Gasteiger charge is 2.32. The molecule has 1 amide bonds. The normalized spacial score (nSPS) is 13.2. The minimum absolute atomic E-state index is 0.152. The molecule has 5 nitrogen and oxygen atoms in total. The number of carbonyl (C=O) groups is 1. The van der Waals surface area contributed by atoms with Gasteiger partial charge in [0, 0.05) is 19.5 Å². The van der Waals surface area contributed by atoms with Crippen molar-refractivity contribution in [3.63, 3.8) is 0 Å². The Kier molecular flexibility index (Phi) is 7.55. The summed E-state index contributed by atoms with van der Waals surface area (Å²) in [5.41, 5.74) is 6.16. The summed E-state index contributed by atoms with van der Waals surface area (Å²) in [6.07, 6.45) is 1.64. The average Bonchev–Trinajstić information content (AvgIpc) is 2.47. The van der Waals surface area contributed by atoms with Crippen molar-refractivity contribution in [3.8, 4) is 0 Å². The lowest BCUT2D eigenvalue weighted by atomic mass is 10.1. The predicted octanol–water partition coefficient (Wildman–Crippen LogP) is 1.92. The number of nitrogens with zero attached hydrogens (tertiary/aromatic N) is 1. The lowest BCUT2D eigenvalue weighted by molar-refractivity contribution is -0.118. The molecular weight excluding hydrogens is 300 g/mol. The zero-order valence-corrected chi connectivity index (χ0v) is 14.2. The van der Waals surface area contributed by atoms with Gasteiger partial charge in [0.1, 0.15) is 0 Å². The molecule has 0 heterocycles. The fraction of sp³-hybridized carbons (Fsp3) is 0.562. The molecule has 0 saturated heterocycles. The lowest BCUT2D eigenvalue weighted by Gasteiger charge is -2.26. The maximum atomic E-state index is 12.9. The highest BCUT2D eigenvalue weighted by molar-refractivity contribution is 7.89. The molecule has 0 bridgehead atoms. The van der Waals surface area contributed by atoms with E-state index in [2.05, 4.69) is 0 Å². The second-order valence-electron chi connectivity index (χ2n) is 5.43. The molecule has 0 aromatic heterocycles. The Hall–Kier alpha value is -1.40. The Morgan fingerprint density at radius 2 is 1.68 bits per heavy atom. The average molecular weight is 326 g/mol. The smallest absolute Gasteiger partial charge is 0.218 e. The van der Waals surface area contributed by atoms with E-state index in [1.165, 1.54) is 4.31 Å². The van der Waals surface area contributed by atoms with Gasteiger partial charge in [0.2, 0.25) is 15.9 Å². The highest BCUT2D eigenvalue weighted by Crippen LogP contribution is 2.18. The molecule has 1 atom stereocenters. The molecule has 1 aromatic carbocycles. The molecular formula is C16H26N2O3S. The summed E-state index contributed by atoms with van der Waals surface area (Å²) < 4.78 is 27.2. The molecule has 0 aliphatic heterocycles. The summed E-state index contributed by atoms with van der Waals surface area (Å²) in [4.78, 5) is 11.3. The van der Waals surface area contributed by atoms with Gasteiger partial charge in [0.15, 0.2) is 0 Å². The van der Waals surface area contributed by atoms with Crippen LogP contribution in [-0.2, 0) is 21.2 Å². The van der Waals surface area contributed by atoms with Crippen LogP contribution < -0.4 is 5.73 Å². The Labute approximate surface area is 133 Å². The first-order valence-corrected chi connectivity index (χ1v) is 9.23. The topological polar surface area (TPSA) is 80.5 Å². The zero-order chi connectivity index (χ0) is 16.6. The number of hydrogen-bond acceptors (Lipinski definition) is 3. The van der Waals surface area contributed by atoms with Crippen molar-refractivity contribution in [3.05, 3.63) is 35.9 Å². The van der Waals surface area contributed by atoms with Gasteiger partial charge in [-0.2, -0.15) is 0 Å². The summed E-state index contributed by atoms with van der Waals surface area (Å²) in [5, 5.41) is -0.800. The number of nitrogens with two attached hydrogens (primary N) is 1. The second kappa shape index (κ2) is 8.90. The van der Waals surface area contributed by atoms with E-state index in [9.17, 15) is 13.2 Å². The third-order valence-electron chi connectivity index (χ3n) is 3.46. The van der Waals surface area contributed by atoms with Crippen molar-refractivity contribution in [1.29, 1.82) is 0 Å². The number of carbonyl (C=O) groups excluding carboxylic acids is 1. The van der Waals surface area contributed by atoms with Gasteiger partial charge >= 0.3 is 0 Å². The summed E-state index contributed by atoms with van der Waals surface area (Å²) in [5.74, 6) is -0.586. The fourth-order valence-electron chi connectivity index (χ4n) is 2.46. The predicted molar refractivity (Wildman–Crippen MR) is 88.8 cm³/mol. The molecule has 0 spiro atoms. The van der Waals surface area contributed by atoms with Crippen molar-refractivity contribution >= 4 is 15.9 Å². The van der Waals surface area contributed by atoms with Gasteiger partial charge < -0.3 is 5.73 Å². The van der Waals surface area contributed by atoms with Crippen LogP contribution >= 0.6 is 0 Å². The van der Waals surface area contributed by atoms with Gasteiger partial charge in [0.25, 0.3) is 0 Å². The van der Waals surface area contributed by atoms with Gasteiger partial charge in [-0.15, -0.1) is 0 Å². The molecule has 0 radical (unpaired) electrons. The number of hydrogen-bond donors (Lipinski definition) is 1. The zero-order valence-electron chi connectivity index (χ0n) is 13.4. The standard InChI is InChI=1S/C16H26N2O3S/c1-3-10-18(11-4-2)22(20,21)15(13-16(17)19)12-14-8-6-5-7-9-14/h5-9,15H,3-4,10-13H2,1-2H3,(H2,17,19). The van der Waals surface area contributed by atoms with E-state index in [1.807, 2.05) is 44.2 Å². The van der Waals surface area contributed by atoms with E-state index in [0.29, 0.717) is 19.5 Å². The monoisotopic (exact) mass is 326 g/mol. The largest absolute Gasteiger partial charge is 0.370 e. The molecule has 0 aliphatic carbocycles. The summed E-state index contributed by atoms with van der Waals surface area (Å²) in [6, 6.07) is 9.33. The second-order valence-corrected chi connectivity index (χ2v) is 7.64. The molecule has 0 saturated carbocycles. The van der Waals surface area contributed by atoms with E-state index in [0.717, 1.165) is 18.4 Å². The van der Waals surface area contributed by atoms with Crippen molar-refractivity contribution in [2.24, 2.45) is 5.73 Å². The molecule has 0 fully saturated rings. The highest BCUT2D eigenvalue weighted by atomic mass is 32.2. The Morgan fingerprint density at radius 1 is 1.14 bits per heavy atom. The van der Waals surface area contributed by atoms with Gasteiger partial charge in [-0.05, 0) is 24.8 Å². The molecule has 1 aromatic rings. The molecule has 22 heavy (non-hydrogen) atoms. The van der Waals surface area contributed by atoms with Crippen LogP contribution in [0.3, 0.4) is 0 Å². The first-order chi connectivity index (χ1) is 10.4. The Balaban J connectivity index is 3.04. The van der Waals surface area contributed by atoms with E-state index in [4.69, 9.17) is 5.73 Å². The Bertz CT molecular complexity index is 552. The van der Waals surface area contributed by atoms with Crippen LogP contribution in [0.25, 0.3) is 0 Å². The van der Waals surface area contributed by atoms with Crippen LogP contribution in [0.5, 0.6) is 0 Å². The first-order valence-electron chi connectivity index (χ1n) is 7.73. The Morgan fingerprint density at radius 3 is 2.14 bits per heavy atom. The van der Waals surface area contributed by atoms with E-state index >= 15 is 0 Å². The lowest BCUT2D eigenvalue weighted by Crippen LogP contribution is -2.42. The number of benzene rings is 1. The van der Waals surface area contributed by atoms with Gasteiger partial charge in [0.05, 0.1) is 5.25 Å². The summed E-state index contributed by atoms with van der Waals surface area (Å²) >= 11 is 0. The van der Waals surface area contributed by atoms with Crippen molar-refractivity contribution in [1.82, 2.24) is 4.31 Å². The van der Waals surface area contributed by atoms with Gasteiger partial charge in [-0.3, -0.25) is 4.79 Å². The number of amides is 1. The van der Waals surface area contributed by atoms with E-state index in [1.54, 1.807) is 0 Å².